The average molecular weight is 475 g/mol. The Kier molecular flexibility index (Phi) is 11.7. The lowest BCUT2D eigenvalue weighted by molar-refractivity contribution is -0.135. The largest absolute Gasteiger partial charge is 0.299 e. The predicted octanol–water partition coefficient (Wildman–Crippen LogP) is 8.93. The lowest BCUT2D eigenvalue weighted by Gasteiger charge is -2.26. The molecule has 2 nitrogen and oxygen atoms in total. The number of benzene rings is 2. The van der Waals surface area contributed by atoms with E-state index in [1.54, 1.807) is 0 Å². The molecule has 0 amide bonds. The number of carbonyl (C=O) groups is 2. The number of Topliss-reactive ketones (excluding diaryl/α,β-unsaturated/α-hetero) is 2. The first-order chi connectivity index (χ1) is 17.1. The molecule has 0 spiro atoms. The lowest BCUT2D eigenvalue weighted by Crippen LogP contribution is -2.32. The molecule has 35 heavy (non-hydrogen) atoms. The third kappa shape index (κ3) is 9.06. The van der Waals surface area contributed by atoms with Crippen LogP contribution >= 0.6 is 0 Å². The van der Waals surface area contributed by atoms with Crippen LogP contribution in [0.3, 0.4) is 0 Å². The lowest BCUT2D eigenvalue weighted by atomic mass is 9.76. The molecule has 1 aliphatic rings. The van der Waals surface area contributed by atoms with Gasteiger partial charge in [0.2, 0.25) is 0 Å². The second-order valence-electron chi connectivity index (χ2n) is 10.7. The SMILES string of the molecule is CCCCCCCCc1ccc(-c2ccc(CC(=O)C3CCC(CCCCC)CC3=O)cc2)cc1. The van der Waals surface area contributed by atoms with Gasteiger partial charge in [-0.1, -0.05) is 120 Å². The summed E-state index contributed by atoms with van der Waals surface area (Å²) < 4.78 is 0. The number of hydrogen-bond donors (Lipinski definition) is 0. The fourth-order valence-electron chi connectivity index (χ4n) is 5.47. The van der Waals surface area contributed by atoms with Crippen molar-refractivity contribution >= 4 is 11.6 Å². The van der Waals surface area contributed by atoms with E-state index in [9.17, 15) is 9.59 Å². The van der Waals surface area contributed by atoms with Gasteiger partial charge in [0.25, 0.3) is 0 Å². The smallest absolute Gasteiger partial charge is 0.147 e. The number of unbranched alkanes of at least 4 members (excludes halogenated alkanes) is 7. The van der Waals surface area contributed by atoms with Crippen LogP contribution in [0.1, 0.15) is 108 Å². The average Bonchev–Trinajstić information content (AvgIpc) is 2.87. The Balaban J connectivity index is 1.45. The third-order valence-corrected chi connectivity index (χ3v) is 7.79. The molecule has 2 aromatic rings. The number of carbonyl (C=O) groups excluding carboxylic acids is 2. The van der Waals surface area contributed by atoms with Gasteiger partial charge < -0.3 is 0 Å². The molecule has 3 rings (SSSR count). The molecule has 2 atom stereocenters. The molecule has 0 aromatic heterocycles. The van der Waals surface area contributed by atoms with Crippen molar-refractivity contribution in [2.75, 3.05) is 0 Å². The molecule has 0 N–H and O–H groups in total. The van der Waals surface area contributed by atoms with E-state index in [0.29, 0.717) is 18.8 Å². The van der Waals surface area contributed by atoms with Crippen molar-refractivity contribution in [1.29, 1.82) is 0 Å². The van der Waals surface area contributed by atoms with Crippen molar-refractivity contribution < 1.29 is 9.59 Å². The van der Waals surface area contributed by atoms with Gasteiger partial charge >= 0.3 is 0 Å². The molecule has 2 unspecified atom stereocenters. The highest BCUT2D eigenvalue weighted by atomic mass is 16.1. The maximum Gasteiger partial charge on any atom is 0.147 e. The van der Waals surface area contributed by atoms with E-state index in [2.05, 4.69) is 62.4 Å². The van der Waals surface area contributed by atoms with E-state index in [1.807, 2.05) is 0 Å². The number of ketones is 2. The molecule has 2 aromatic carbocycles. The maximum atomic E-state index is 12.9. The Morgan fingerprint density at radius 2 is 1.29 bits per heavy atom. The van der Waals surface area contributed by atoms with Gasteiger partial charge in [-0.3, -0.25) is 9.59 Å². The standard InChI is InChI=1S/C33H46O2/c1-3-5-7-8-9-11-12-26-14-19-29(20-15-26)30-21-16-28(17-22-30)25-33(35)31-23-18-27(24-32(31)34)13-10-6-4-2/h14-17,19-22,27,31H,3-13,18,23-25H2,1-2H3. The Labute approximate surface area is 213 Å². The first-order valence-corrected chi connectivity index (χ1v) is 14.3. The highest BCUT2D eigenvalue weighted by Gasteiger charge is 2.32. The minimum atomic E-state index is -0.378. The van der Waals surface area contributed by atoms with Crippen molar-refractivity contribution in [2.45, 2.75) is 110 Å². The minimum absolute atomic E-state index is 0.105. The fraction of sp³-hybridized carbons (Fsp3) is 0.576. The van der Waals surface area contributed by atoms with Gasteiger partial charge in [0.05, 0.1) is 5.92 Å². The molecular formula is C33H46O2. The predicted molar refractivity (Wildman–Crippen MR) is 148 cm³/mol. The van der Waals surface area contributed by atoms with Crippen LogP contribution in [0.5, 0.6) is 0 Å². The summed E-state index contributed by atoms with van der Waals surface area (Å²) in [4.78, 5) is 25.5. The molecule has 0 aliphatic heterocycles. The van der Waals surface area contributed by atoms with E-state index in [4.69, 9.17) is 0 Å². The van der Waals surface area contributed by atoms with Crippen LogP contribution in [0.15, 0.2) is 48.5 Å². The summed E-state index contributed by atoms with van der Waals surface area (Å²) in [5.74, 6) is 0.403. The Hall–Kier alpha value is -2.22. The number of aryl methyl sites for hydroxylation is 1. The zero-order valence-corrected chi connectivity index (χ0v) is 22.2. The summed E-state index contributed by atoms with van der Waals surface area (Å²) in [7, 11) is 0. The van der Waals surface area contributed by atoms with Gasteiger partial charge in [0.15, 0.2) is 0 Å². The van der Waals surface area contributed by atoms with Crippen molar-refractivity contribution in [3.63, 3.8) is 0 Å². The molecule has 0 radical (unpaired) electrons. The van der Waals surface area contributed by atoms with Crippen molar-refractivity contribution in [3.8, 4) is 11.1 Å². The fourth-order valence-corrected chi connectivity index (χ4v) is 5.47. The Morgan fingerprint density at radius 1 is 0.714 bits per heavy atom. The van der Waals surface area contributed by atoms with Crippen LogP contribution in [0, 0.1) is 11.8 Å². The van der Waals surface area contributed by atoms with Crippen molar-refractivity contribution in [3.05, 3.63) is 59.7 Å². The molecule has 1 aliphatic carbocycles. The minimum Gasteiger partial charge on any atom is -0.299 e. The van der Waals surface area contributed by atoms with Gasteiger partial charge in [-0.05, 0) is 53.9 Å². The highest BCUT2D eigenvalue weighted by molar-refractivity contribution is 6.03. The van der Waals surface area contributed by atoms with Crippen LogP contribution in [0.2, 0.25) is 0 Å². The molecule has 0 bridgehead atoms. The summed E-state index contributed by atoms with van der Waals surface area (Å²) in [6, 6.07) is 17.3. The van der Waals surface area contributed by atoms with Crippen LogP contribution in [-0.2, 0) is 22.4 Å². The molecule has 2 heteroatoms. The molecular weight excluding hydrogens is 428 g/mol. The first-order valence-electron chi connectivity index (χ1n) is 14.3. The highest BCUT2D eigenvalue weighted by Crippen LogP contribution is 2.31. The quantitative estimate of drug-likeness (QED) is 0.191. The second-order valence-corrected chi connectivity index (χ2v) is 10.7. The normalized spacial score (nSPS) is 18.1. The van der Waals surface area contributed by atoms with E-state index in [0.717, 1.165) is 31.2 Å². The van der Waals surface area contributed by atoms with Gasteiger partial charge in [0, 0.05) is 12.8 Å². The molecule has 1 saturated carbocycles. The number of rotatable bonds is 15. The van der Waals surface area contributed by atoms with Crippen LogP contribution < -0.4 is 0 Å². The van der Waals surface area contributed by atoms with E-state index < -0.39 is 0 Å². The van der Waals surface area contributed by atoms with E-state index >= 15 is 0 Å². The van der Waals surface area contributed by atoms with Crippen LogP contribution in [0.25, 0.3) is 11.1 Å². The summed E-state index contributed by atoms with van der Waals surface area (Å²) >= 11 is 0. The summed E-state index contributed by atoms with van der Waals surface area (Å²) in [6.45, 7) is 4.47. The topological polar surface area (TPSA) is 34.1 Å². The van der Waals surface area contributed by atoms with Crippen LogP contribution in [-0.4, -0.2) is 11.6 Å². The summed E-state index contributed by atoms with van der Waals surface area (Å²) in [6.07, 6.45) is 16.7. The molecule has 190 valence electrons. The Bertz CT molecular complexity index is 894. The van der Waals surface area contributed by atoms with Gasteiger partial charge in [-0.15, -0.1) is 0 Å². The van der Waals surface area contributed by atoms with Crippen molar-refractivity contribution in [1.82, 2.24) is 0 Å². The summed E-state index contributed by atoms with van der Waals surface area (Å²) in [5, 5.41) is 0. The zero-order chi connectivity index (χ0) is 24.9. The van der Waals surface area contributed by atoms with E-state index in [-0.39, 0.29) is 17.5 Å². The van der Waals surface area contributed by atoms with E-state index in [1.165, 1.54) is 74.5 Å². The first kappa shape index (κ1) is 27.4. The number of hydrogen-bond acceptors (Lipinski definition) is 2. The maximum absolute atomic E-state index is 12.9. The van der Waals surface area contributed by atoms with Gasteiger partial charge in [-0.2, -0.15) is 0 Å². The molecule has 1 fully saturated rings. The molecule has 0 heterocycles. The Morgan fingerprint density at radius 3 is 1.91 bits per heavy atom. The van der Waals surface area contributed by atoms with Crippen LogP contribution in [0.4, 0.5) is 0 Å². The van der Waals surface area contributed by atoms with Crippen molar-refractivity contribution in [2.24, 2.45) is 11.8 Å². The monoisotopic (exact) mass is 474 g/mol. The third-order valence-electron chi connectivity index (χ3n) is 7.79. The second kappa shape index (κ2) is 15.0. The van der Waals surface area contributed by atoms with Gasteiger partial charge in [0.1, 0.15) is 11.6 Å². The molecule has 0 saturated heterocycles. The van der Waals surface area contributed by atoms with Gasteiger partial charge in [-0.25, -0.2) is 0 Å². The summed E-state index contributed by atoms with van der Waals surface area (Å²) in [5.41, 5.74) is 4.81. The zero-order valence-electron chi connectivity index (χ0n) is 22.2.